The second kappa shape index (κ2) is 4.57. The van der Waals surface area contributed by atoms with Crippen molar-refractivity contribution in [2.24, 2.45) is 0 Å². The zero-order valence-electron chi connectivity index (χ0n) is 9.72. The molecule has 1 aromatic rings. The number of carboxylic acid groups (broad SMARTS) is 1. The Morgan fingerprint density at radius 2 is 2.06 bits per heavy atom. The highest BCUT2D eigenvalue weighted by molar-refractivity contribution is 5.84. The molecule has 1 atom stereocenters. The van der Waals surface area contributed by atoms with Gasteiger partial charge in [0.15, 0.2) is 6.04 Å². The lowest BCUT2D eigenvalue weighted by molar-refractivity contribution is -0.149. The number of aliphatic carboxylic acids is 1. The van der Waals surface area contributed by atoms with E-state index in [-0.39, 0.29) is 5.91 Å². The number of nitrogens with zero attached hydrogens (tertiary/aromatic N) is 1. The molecule has 1 heterocycles. The summed E-state index contributed by atoms with van der Waals surface area (Å²) in [5.41, 5.74) is 1.77. The van der Waals surface area contributed by atoms with Gasteiger partial charge in [-0.25, -0.2) is 4.79 Å². The maximum absolute atomic E-state index is 11.5. The van der Waals surface area contributed by atoms with Crippen molar-refractivity contribution in [1.29, 1.82) is 0 Å². The van der Waals surface area contributed by atoms with Crippen LogP contribution in [0.1, 0.15) is 30.5 Å². The maximum Gasteiger partial charge on any atom is 0.331 e. The molecular weight excluding hydrogens is 218 g/mol. The summed E-state index contributed by atoms with van der Waals surface area (Å²) in [6, 6.07) is 6.62. The number of carboxylic acids is 1. The van der Waals surface area contributed by atoms with E-state index in [1.54, 1.807) is 6.07 Å². The first-order chi connectivity index (χ1) is 8.11. The smallest absolute Gasteiger partial charge is 0.331 e. The molecule has 0 saturated carbocycles. The molecule has 1 aliphatic heterocycles. The second-order valence-electron chi connectivity index (χ2n) is 4.26. The van der Waals surface area contributed by atoms with Crippen LogP contribution in [0.5, 0.6) is 0 Å². The van der Waals surface area contributed by atoms with Gasteiger partial charge < -0.3 is 10.0 Å². The summed E-state index contributed by atoms with van der Waals surface area (Å²) in [6.07, 6.45) is 1.63. The molecule has 17 heavy (non-hydrogen) atoms. The lowest BCUT2D eigenvalue weighted by Gasteiger charge is -2.26. The minimum Gasteiger partial charge on any atom is -0.479 e. The molecule has 0 radical (unpaired) electrons. The van der Waals surface area contributed by atoms with Crippen LogP contribution < -0.4 is 0 Å². The summed E-state index contributed by atoms with van der Waals surface area (Å²) in [4.78, 5) is 24.4. The number of carbonyl (C=O) groups is 2. The fourth-order valence-electron chi connectivity index (χ4n) is 2.37. The SMILES string of the molecule is CC(=O)N1CCCc2ccccc2C1C(=O)O. The fraction of sp³-hybridized carbons (Fsp3) is 0.385. The van der Waals surface area contributed by atoms with Gasteiger partial charge in [0.25, 0.3) is 0 Å². The van der Waals surface area contributed by atoms with Crippen LogP contribution in [0.2, 0.25) is 0 Å². The molecule has 0 bridgehead atoms. The molecule has 4 nitrogen and oxygen atoms in total. The van der Waals surface area contributed by atoms with E-state index in [9.17, 15) is 14.7 Å². The lowest BCUT2D eigenvalue weighted by Crippen LogP contribution is -2.37. The van der Waals surface area contributed by atoms with Gasteiger partial charge in [-0.2, -0.15) is 0 Å². The summed E-state index contributed by atoms with van der Waals surface area (Å²) in [6.45, 7) is 1.92. The molecule has 1 unspecified atom stereocenters. The number of fused-ring (bicyclic) bond motifs is 1. The normalized spacial score (nSPS) is 19.4. The van der Waals surface area contributed by atoms with E-state index in [1.807, 2.05) is 18.2 Å². The van der Waals surface area contributed by atoms with Crippen LogP contribution >= 0.6 is 0 Å². The highest BCUT2D eigenvalue weighted by atomic mass is 16.4. The Kier molecular flexibility index (Phi) is 3.13. The predicted octanol–water partition coefficient (Wildman–Crippen LogP) is 1.61. The first-order valence-electron chi connectivity index (χ1n) is 5.69. The summed E-state index contributed by atoms with van der Waals surface area (Å²) >= 11 is 0. The molecule has 0 fully saturated rings. The Morgan fingerprint density at radius 1 is 1.35 bits per heavy atom. The van der Waals surface area contributed by atoms with Gasteiger partial charge >= 0.3 is 5.97 Å². The predicted molar refractivity (Wildman–Crippen MR) is 62.5 cm³/mol. The van der Waals surface area contributed by atoms with Gasteiger partial charge in [-0.3, -0.25) is 4.79 Å². The molecule has 1 aliphatic rings. The number of hydrogen-bond acceptors (Lipinski definition) is 2. The van der Waals surface area contributed by atoms with Gasteiger partial charge in [0.1, 0.15) is 0 Å². The second-order valence-corrected chi connectivity index (χ2v) is 4.26. The Labute approximate surface area is 99.9 Å². The van der Waals surface area contributed by atoms with Crippen molar-refractivity contribution in [2.75, 3.05) is 6.54 Å². The molecule has 90 valence electrons. The van der Waals surface area contributed by atoms with Crippen LogP contribution in [0.25, 0.3) is 0 Å². The van der Waals surface area contributed by atoms with Crippen molar-refractivity contribution in [1.82, 2.24) is 4.90 Å². The molecule has 1 amide bonds. The van der Waals surface area contributed by atoms with Crippen molar-refractivity contribution in [3.63, 3.8) is 0 Å². The zero-order valence-corrected chi connectivity index (χ0v) is 9.72. The Morgan fingerprint density at radius 3 is 2.71 bits per heavy atom. The fourth-order valence-corrected chi connectivity index (χ4v) is 2.37. The van der Waals surface area contributed by atoms with E-state index in [0.717, 1.165) is 24.0 Å². The van der Waals surface area contributed by atoms with Gasteiger partial charge in [0.05, 0.1) is 0 Å². The van der Waals surface area contributed by atoms with Crippen LogP contribution in [-0.2, 0) is 16.0 Å². The maximum atomic E-state index is 11.5. The van der Waals surface area contributed by atoms with E-state index >= 15 is 0 Å². The van der Waals surface area contributed by atoms with Crippen LogP contribution in [-0.4, -0.2) is 28.4 Å². The molecule has 1 aromatic carbocycles. The average molecular weight is 233 g/mol. The van der Waals surface area contributed by atoms with E-state index in [2.05, 4.69) is 0 Å². The van der Waals surface area contributed by atoms with Crippen LogP contribution in [0.4, 0.5) is 0 Å². The van der Waals surface area contributed by atoms with Crippen molar-refractivity contribution >= 4 is 11.9 Å². The van der Waals surface area contributed by atoms with Gasteiger partial charge in [-0.1, -0.05) is 24.3 Å². The Hall–Kier alpha value is -1.84. The van der Waals surface area contributed by atoms with E-state index < -0.39 is 12.0 Å². The van der Waals surface area contributed by atoms with E-state index in [0.29, 0.717) is 6.54 Å². The number of amides is 1. The number of carbonyl (C=O) groups excluding carboxylic acids is 1. The number of rotatable bonds is 1. The molecule has 0 aromatic heterocycles. The molecule has 4 heteroatoms. The van der Waals surface area contributed by atoms with Crippen LogP contribution in [0.15, 0.2) is 24.3 Å². The summed E-state index contributed by atoms with van der Waals surface area (Å²) in [7, 11) is 0. The van der Waals surface area contributed by atoms with Crippen molar-refractivity contribution < 1.29 is 14.7 Å². The third kappa shape index (κ3) is 2.16. The first kappa shape index (κ1) is 11.6. The molecule has 0 spiro atoms. The van der Waals surface area contributed by atoms with E-state index in [1.165, 1.54) is 11.8 Å². The molecule has 0 aliphatic carbocycles. The van der Waals surface area contributed by atoms with Crippen molar-refractivity contribution in [3.8, 4) is 0 Å². The zero-order chi connectivity index (χ0) is 12.4. The third-order valence-corrected chi connectivity index (χ3v) is 3.14. The number of hydrogen-bond donors (Lipinski definition) is 1. The topological polar surface area (TPSA) is 57.6 Å². The van der Waals surface area contributed by atoms with Gasteiger partial charge in [-0.05, 0) is 24.0 Å². The van der Waals surface area contributed by atoms with Crippen LogP contribution in [0.3, 0.4) is 0 Å². The number of benzene rings is 1. The Bertz CT molecular complexity index is 456. The molecule has 0 saturated heterocycles. The minimum absolute atomic E-state index is 0.186. The standard InChI is InChI=1S/C13H15NO3/c1-9(15)14-8-4-6-10-5-2-3-7-11(10)12(14)13(16)17/h2-3,5,7,12H,4,6,8H2,1H3,(H,16,17). The lowest BCUT2D eigenvalue weighted by atomic mass is 9.98. The monoisotopic (exact) mass is 233 g/mol. The number of aryl methyl sites for hydroxylation is 1. The third-order valence-electron chi connectivity index (χ3n) is 3.14. The average Bonchev–Trinajstić information content (AvgIpc) is 2.47. The van der Waals surface area contributed by atoms with Crippen molar-refractivity contribution in [2.45, 2.75) is 25.8 Å². The van der Waals surface area contributed by atoms with Crippen molar-refractivity contribution in [3.05, 3.63) is 35.4 Å². The van der Waals surface area contributed by atoms with Gasteiger partial charge in [0, 0.05) is 13.5 Å². The molecule has 1 N–H and O–H groups in total. The van der Waals surface area contributed by atoms with Gasteiger partial charge in [-0.15, -0.1) is 0 Å². The quantitative estimate of drug-likeness (QED) is 0.801. The van der Waals surface area contributed by atoms with E-state index in [4.69, 9.17) is 0 Å². The molecule has 2 rings (SSSR count). The van der Waals surface area contributed by atoms with Gasteiger partial charge in [0.2, 0.25) is 5.91 Å². The summed E-state index contributed by atoms with van der Waals surface area (Å²) in [5.74, 6) is -1.15. The first-order valence-corrected chi connectivity index (χ1v) is 5.69. The molecular formula is C13H15NO3. The highest BCUT2D eigenvalue weighted by Crippen LogP contribution is 2.29. The summed E-state index contributed by atoms with van der Waals surface area (Å²) < 4.78 is 0. The highest BCUT2D eigenvalue weighted by Gasteiger charge is 2.32. The van der Waals surface area contributed by atoms with Crippen LogP contribution in [0, 0.1) is 0 Å². The Balaban J connectivity index is 2.50. The largest absolute Gasteiger partial charge is 0.479 e. The minimum atomic E-state index is -0.963. The summed E-state index contributed by atoms with van der Waals surface area (Å²) in [5, 5.41) is 9.34.